The molecule has 0 unspecified atom stereocenters. The molecular formula is C13H18N2O. The molecule has 1 fully saturated rings. The molecule has 2 rings (SSSR count). The molecule has 0 bridgehead atoms. The fourth-order valence-electron chi connectivity index (χ4n) is 2.34. The Morgan fingerprint density at radius 2 is 2.06 bits per heavy atom. The van der Waals surface area contributed by atoms with E-state index < -0.39 is 0 Å². The molecule has 86 valence electrons. The van der Waals surface area contributed by atoms with Crippen LogP contribution in [0.1, 0.15) is 31.2 Å². The second-order valence-corrected chi connectivity index (χ2v) is 4.81. The zero-order valence-corrected chi connectivity index (χ0v) is 9.48. The molecule has 0 radical (unpaired) electrons. The molecule has 2 N–H and O–H groups in total. The van der Waals surface area contributed by atoms with E-state index in [-0.39, 0.29) is 5.41 Å². The van der Waals surface area contributed by atoms with Crippen molar-refractivity contribution in [3.63, 3.8) is 0 Å². The topological polar surface area (TPSA) is 56.0 Å². The Hall–Kier alpha value is -1.22. The number of aromatic nitrogens is 1. The SMILES string of the molecule is NCC1(CC(=O)Cc2ccncc2)CCC1. The van der Waals surface area contributed by atoms with Crippen molar-refractivity contribution in [3.05, 3.63) is 30.1 Å². The van der Waals surface area contributed by atoms with Crippen molar-refractivity contribution in [1.82, 2.24) is 4.98 Å². The normalized spacial score (nSPS) is 17.8. The number of pyridine rings is 1. The Morgan fingerprint density at radius 1 is 1.38 bits per heavy atom. The van der Waals surface area contributed by atoms with Gasteiger partial charge >= 0.3 is 0 Å². The van der Waals surface area contributed by atoms with E-state index in [4.69, 9.17) is 5.73 Å². The molecule has 1 heterocycles. The van der Waals surface area contributed by atoms with Crippen molar-refractivity contribution < 1.29 is 4.79 Å². The number of ketones is 1. The molecule has 0 aliphatic heterocycles. The molecular weight excluding hydrogens is 200 g/mol. The third-order valence-corrected chi connectivity index (χ3v) is 3.57. The average Bonchev–Trinajstić information content (AvgIpc) is 2.25. The average molecular weight is 218 g/mol. The third-order valence-electron chi connectivity index (χ3n) is 3.57. The Labute approximate surface area is 96.1 Å². The van der Waals surface area contributed by atoms with Crippen LogP contribution in [0.3, 0.4) is 0 Å². The molecule has 1 aliphatic rings. The first-order chi connectivity index (χ1) is 7.74. The minimum atomic E-state index is 0.129. The van der Waals surface area contributed by atoms with Gasteiger partial charge in [-0.15, -0.1) is 0 Å². The molecule has 1 aromatic rings. The van der Waals surface area contributed by atoms with E-state index in [1.165, 1.54) is 6.42 Å². The lowest BCUT2D eigenvalue weighted by molar-refractivity contribution is -0.122. The van der Waals surface area contributed by atoms with Crippen molar-refractivity contribution in [3.8, 4) is 0 Å². The first kappa shape index (κ1) is 11.3. The number of hydrogen-bond donors (Lipinski definition) is 1. The standard InChI is InChI=1S/C13H18N2O/c14-10-13(4-1-5-13)9-12(16)8-11-2-6-15-7-3-11/h2-3,6-7H,1,4-5,8-10,14H2. The molecule has 16 heavy (non-hydrogen) atoms. The minimum Gasteiger partial charge on any atom is -0.330 e. The summed E-state index contributed by atoms with van der Waals surface area (Å²) in [5.41, 5.74) is 6.93. The van der Waals surface area contributed by atoms with E-state index in [1.54, 1.807) is 12.4 Å². The highest BCUT2D eigenvalue weighted by molar-refractivity contribution is 5.81. The Morgan fingerprint density at radius 3 is 2.56 bits per heavy atom. The zero-order chi connectivity index (χ0) is 11.4. The van der Waals surface area contributed by atoms with Crippen molar-refractivity contribution in [2.75, 3.05) is 6.54 Å². The summed E-state index contributed by atoms with van der Waals surface area (Å²) in [6, 6.07) is 3.79. The Bertz CT molecular complexity index is 352. The van der Waals surface area contributed by atoms with Gasteiger partial charge in [-0.1, -0.05) is 6.42 Å². The van der Waals surface area contributed by atoms with Gasteiger partial charge in [0.1, 0.15) is 5.78 Å². The quantitative estimate of drug-likeness (QED) is 0.818. The van der Waals surface area contributed by atoms with Crippen LogP contribution in [0.5, 0.6) is 0 Å². The molecule has 0 aromatic carbocycles. The van der Waals surface area contributed by atoms with E-state index in [9.17, 15) is 4.79 Å². The molecule has 3 nitrogen and oxygen atoms in total. The number of nitrogens with two attached hydrogens (primary N) is 1. The molecule has 1 saturated carbocycles. The summed E-state index contributed by atoms with van der Waals surface area (Å²) in [6.07, 6.45) is 8.07. The van der Waals surface area contributed by atoms with Crippen LogP contribution in [0.2, 0.25) is 0 Å². The molecule has 1 aromatic heterocycles. The number of hydrogen-bond acceptors (Lipinski definition) is 3. The predicted molar refractivity (Wildman–Crippen MR) is 62.9 cm³/mol. The van der Waals surface area contributed by atoms with Crippen LogP contribution >= 0.6 is 0 Å². The van der Waals surface area contributed by atoms with Crippen LogP contribution in [0.15, 0.2) is 24.5 Å². The van der Waals surface area contributed by atoms with Gasteiger partial charge in [0.05, 0.1) is 0 Å². The van der Waals surface area contributed by atoms with Crippen LogP contribution in [-0.2, 0) is 11.2 Å². The van der Waals surface area contributed by atoms with E-state index in [2.05, 4.69) is 4.98 Å². The number of carbonyl (C=O) groups excluding carboxylic acids is 1. The summed E-state index contributed by atoms with van der Waals surface area (Å²) >= 11 is 0. The van der Waals surface area contributed by atoms with Crippen LogP contribution in [-0.4, -0.2) is 17.3 Å². The van der Waals surface area contributed by atoms with Gasteiger partial charge in [0, 0.05) is 25.2 Å². The highest BCUT2D eigenvalue weighted by Crippen LogP contribution is 2.43. The lowest BCUT2D eigenvalue weighted by Crippen LogP contribution is -2.39. The van der Waals surface area contributed by atoms with Gasteiger partial charge in [-0.2, -0.15) is 0 Å². The highest BCUT2D eigenvalue weighted by atomic mass is 16.1. The Balaban J connectivity index is 1.89. The van der Waals surface area contributed by atoms with E-state index in [0.29, 0.717) is 25.2 Å². The van der Waals surface area contributed by atoms with E-state index in [1.807, 2.05) is 12.1 Å². The molecule has 0 spiro atoms. The maximum atomic E-state index is 11.9. The van der Waals surface area contributed by atoms with Gasteiger partial charge in [0.2, 0.25) is 0 Å². The van der Waals surface area contributed by atoms with E-state index in [0.717, 1.165) is 18.4 Å². The largest absolute Gasteiger partial charge is 0.330 e. The monoisotopic (exact) mass is 218 g/mol. The van der Waals surface area contributed by atoms with Crippen LogP contribution in [0.25, 0.3) is 0 Å². The second kappa shape index (κ2) is 4.74. The molecule has 0 saturated heterocycles. The van der Waals surface area contributed by atoms with Gasteiger partial charge in [-0.25, -0.2) is 0 Å². The molecule has 3 heteroatoms. The van der Waals surface area contributed by atoms with Gasteiger partial charge in [-0.05, 0) is 42.5 Å². The van der Waals surface area contributed by atoms with Crippen molar-refractivity contribution >= 4 is 5.78 Å². The first-order valence-corrected chi connectivity index (χ1v) is 5.85. The smallest absolute Gasteiger partial charge is 0.137 e. The molecule has 0 amide bonds. The van der Waals surface area contributed by atoms with Crippen LogP contribution < -0.4 is 5.73 Å². The fraction of sp³-hybridized carbons (Fsp3) is 0.538. The summed E-state index contributed by atoms with van der Waals surface area (Å²) in [7, 11) is 0. The van der Waals surface area contributed by atoms with Crippen LogP contribution in [0, 0.1) is 5.41 Å². The molecule has 1 aliphatic carbocycles. The third kappa shape index (κ3) is 2.47. The number of Topliss-reactive ketones (excluding diaryl/α,β-unsaturated/α-hetero) is 1. The summed E-state index contributed by atoms with van der Waals surface area (Å²) in [5, 5.41) is 0. The van der Waals surface area contributed by atoms with Crippen molar-refractivity contribution in [2.24, 2.45) is 11.1 Å². The lowest BCUT2D eigenvalue weighted by Gasteiger charge is -2.40. The maximum absolute atomic E-state index is 11.9. The zero-order valence-electron chi connectivity index (χ0n) is 9.48. The van der Waals surface area contributed by atoms with E-state index >= 15 is 0 Å². The number of rotatable bonds is 5. The maximum Gasteiger partial charge on any atom is 0.137 e. The summed E-state index contributed by atoms with van der Waals surface area (Å²) in [6.45, 7) is 0.648. The predicted octanol–water partition coefficient (Wildman–Crippen LogP) is 1.71. The Kier molecular flexibility index (Phi) is 3.34. The summed E-state index contributed by atoms with van der Waals surface area (Å²) in [5.74, 6) is 0.302. The van der Waals surface area contributed by atoms with Crippen LogP contribution in [0.4, 0.5) is 0 Å². The summed E-state index contributed by atoms with van der Waals surface area (Å²) in [4.78, 5) is 15.8. The number of carbonyl (C=O) groups is 1. The highest BCUT2D eigenvalue weighted by Gasteiger charge is 2.37. The minimum absolute atomic E-state index is 0.129. The second-order valence-electron chi connectivity index (χ2n) is 4.81. The first-order valence-electron chi connectivity index (χ1n) is 5.85. The summed E-state index contributed by atoms with van der Waals surface area (Å²) < 4.78 is 0. The van der Waals surface area contributed by atoms with Gasteiger partial charge in [-0.3, -0.25) is 9.78 Å². The van der Waals surface area contributed by atoms with Gasteiger partial charge in [0.15, 0.2) is 0 Å². The number of nitrogens with zero attached hydrogens (tertiary/aromatic N) is 1. The molecule has 0 atom stereocenters. The lowest BCUT2D eigenvalue weighted by atomic mass is 9.65. The fourth-order valence-corrected chi connectivity index (χ4v) is 2.34. The van der Waals surface area contributed by atoms with Gasteiger partial charge in [0.25, 0.3) is 0 Å². The van der Waals surface area contributed by atoms with Crippen molar-refractivity contribution in [2.45, 2.75) is 32.1 Å². The van der Waals surface area contributed by atoms with Crippen molar-refractivity contribution in [1.29, 1.82) is 0 Å². The van der Waals surface area contributed by atoms with Gasteiger partial charge < -0.3 is 5.73 Å².